The van der Waals surface area contributed by atoms with Crippen LogP contribution in [0.3, 0.4) is 0 Å². The van der Waals surface area contributed by atoms with Gasteiger partial charge >= 0.3 is 0 Å². The molecule has 6 heteroatoms. The first-order valence-electron chi connectivity index (χ1n) is 9.64. The summed E-state index contributed by atoms with van der Waals surface area (Å²) in [5.41, 5.74) is 3.78. The molecule has 1 aromatic carbocycles. The first kappa shape index (κ1) is 19.9. The zero-order chi connectivity index (χ0) is 19.4. The van der Waals surface area contributed by atoms with Gasteiger partial charge < -0.3 is 9.42 Å². The zero-order valence-corrected chi connectivity index (χ0v) is 17.5. The standard InChI is InChI=1S/C21H29N3O2S/c1-14-5-6-17(11-15(14)2)12-19-22-20(26-23-19)18-7-9-24(10-8-18)21(25)16(3)13-27-4/h5-6,11,16,18H,7-10,12-13H2,1-4H3. The van der Waals surface area contributed by atoms with E-state index in [2.05, 4.69) is 42.2 Å². The van der Waals surface area contributed by atoms with Crippen molar-refractivity contribution in [1.29, 1.82) is 0 Å². The molecule has 0 N–H and O–H groups in total. The number of rotatable bonds is 6. The van der Waals surface area contributed by atoms with E-state index >= 15 is 0 Å². The minimum atomic E-state index is 0.0875. The van der Waals surface area contributed by atoms with Crippen molar-refractivity contribution >= 4 is 17.7 Å². The van der Waals surface area contributed by atoms with Gasteiger partial charge in [0.2, 0.25) is 11.8 Å². The summed E-state index contributed by atoms with van der Waals surface area (Å²) < 4.78 is 5.54. The second-order valence-electron chi connectivity index (χ2n) is 7.60. The lowest BCUT2D eigenvalue weighted by molar-refractivity contribution is -0.135. The molecule has 1 aliphatic heterocycles. The number of carbonyl (C=O) groups is 1. The van der Waals surface area contributed by atoms with Crippen LogP contribution < -0.4 is 0 Å². The van der Waals surface area contributed by atoms with E-state index in [9.17, 15) is 4.79 Å². The molecule has 0 bridgehead atoms. The van der Waals surface area contributed by atoms with Crippen molar-refractivity contribution in [3.63, 3.8) is 0 Å². The maximum absolute atomic E-state index is 12.5. The second kappa shape index (κ2) is 8.91. The maximum atomic E-state index is 12.5. The van der Waals surface area contributed by atoms with Crippen LogP contribution >= 0.6 is 11.8 Å². The van der Waals surface area contributed by atoms with Crippen molar-refractivity contribution in [2.75, 3.05) is 25.1 Å². The van der Waals surface area contributed by atoms with Gasteiger partial charge in [-0.05, 0) is 49.6 Å². The number of amides is 1. The van der Waals surface area contributed by atoms with Crippen LogP contribution in [0.15, 0.2) is 22.7 Å². The molecule has 3 rings (SSSR count). The van der Waals surface area contributed by atoms with Crippen molar-refractivity contribution in [2.45, 2.75) is 46.0 Å². The number of hydrogen-bond acceptors (Lipinski definition) is 5. The fourth-order valence-electron chi connectivity index (χ4n) is 3.58. The molecule has 1 aliphatic rings. The Morgan fingerprint density at radius 2 is 2.04 bits per heavy atom. The average molecular weight is 388 g/mol. The summed E-state index contributed by atoms with van der Waals surface area (Å²) >= 11 is 1.72. The number of carbonyl (C=O) groups excluding carboxylic acids is 1. The molecular weight excluding hydrogens is 358 g/mol. The van der Waals surface area contributed by atoms with Crippen LogP contribution in [0.25, 0.3) is 0 Å². The molecular formula is C21H29N3O2S. The molecule has 5 nitrogen and oxygen atoms in total. The van der Waals surface area contributed by atoms with Crippen LogP contribution in [0.1, 0.15) is 54.1 Å². The number of aryl methyl sites for hydroxylation is 2. The summed E-state index contributed by atoms with van der Waals surface area (Å²) in [5.74, 6) is 2.95. The lowest BCUT2D eigenvalue weighted by Gasteiger charge is -2.32. The fraction of sp³-hybridized carbons (Fsp3) is 0.571. The molecule has 1 aromatic heterocycles. The van der Waals surface area contributed by atoms with E-state index in [4.69, 9.17) is 4.52 Å². The highest BCUT2D eigenvalue weighted by molar-refractivity contribution is 7.98. The van der Waals surface area contributed by atoms with Gasteiger partial charge in [-0.3, -0.25) is 4.79 Å². The number of benzene rings is 1. The third-order valence-corrected chi connectivity index (χ3v) is 6.24. The van der Waals surface area contributed by atoms with Gasteiger partial charge in [0.05, 0.1) is 0 Å². The van der Waals surface area contributed by atoms with E-state index < -0.39 is 0 Å². The van der Waals surface area contributed by atoms with Gasteiger partial charge in [0.1, 0.15) is 0 Å². The number of nitrogens with zero attached hydrogens (tertiary/aromatic N) is 3. The Hall–Kier alpha value is -1.82. The predicted octanol–water partition coefficient (Wildman–Crippen LogP) is 3.98. The van der Waals surface area contributed by atoms with Crippen molar-refractivity contribution in [3.05, 3.63) is 46.6 Å². The SMILES string of the molecule is CSCC(C)C(=O)N1CCC(c2nc(Cc3ccc(C)c(C)c3)no2)CC1. The largest absolute Gasteiger partial charge is 0.342 e. The van der Waals surface area contributed by atoms with Gasteiger partial charge in [-0.2, -0.15) is 16.7 Å². The minimum Gasteiger partial charge on any atom is -0.342 e. The lowest BCUT2D eigenvalue weighted by atomic mass is 9.96. The Bertz CT molecular complexity index is 781. The molecule has 146 valence electrons. The Balaban J connectivity index is 1.56. The number of thioether (sulfide) groups is 1. The van der Waals surface area contributed by atoms with E-state index in [0.717, 1.165) is 43.4 Å². The van der Waals surface area contributed by atoms with Crippen LogP contribution in [-0.4, -0.2) is 46.0 Å². The zero-order valence-electron chi connectivity index (χ0n) is 16.7. The highest BCUT2D eigenvalue weighted by Gasteiger charge is 2.29. The van der Waals surface area contributed by atoms with E-state index in [1.807, 2.05) is 18.1 Å². The number of likely N-dealkylation sites (tertiary alicyclic amines) is 1. The summed E-state index contributed by atoms with van der Waals surface area (Å²) in [5, 5.41) is 4.18. The fourth-order valence-corrected chi connectivity index (χ4v) is 4.22. The Labute approximate surface area is 165 Å². The number of piperidine rings is 1. The number of aromatic nitrogens is 2. The maximum Gasteiger partial charge on any atom is 0.229 e. The first-order valence-corrected chi connectivity index (χ1v) is 11.0. The quantitative estimate of drug-likeness (QED) is 0.750. The van der Waals surface area contributed by atoms with Gasteiger partial charge in [-0.1, -0.05) is 30.3 Å². The van der Waals surface area contributed by atoms with Crippen LogP contribution in [-0.2, 0) is 11.2 Å². The highest BCUT2D eigenvalue weighted by Crippen LogP contribution is 2.28. The van der Waals surface area contributed by atoms with Gasteiger partial charge in [0.15, 0.2) is 5.82 Å². The van der Waals surface area contributed by atoms with E-state index in [0.29, 0.717) is 6.42 Å². The summed E-state index contributed by atoms with van der Waals surface area (Å²) in [6.07, 6.45) is 4.52. The molecule has 1 unspecified atom stereocenters. The van der Waals surface area contributed by atoms with Gasteiger partial charge in [0.25, 0.3) is 0 Å². The Morgan fingerprint density at radius 3 is 2.70 bits per heavy atom. The predicted molar refractivity (Wildman–Crippen MR) is 109 cm³/mol. The molecule has 1 amide bonds. The molecule has 0 spiro atoms. The van der Waals surface area contributed by atoms with Crippen LogP contribution in [0.5, 0.6) is 0 Å². The molecule has 0 saturated carbocycles. The van der Waals surface area contributed by atoms with Crippen molar-refractivity contribution in [3.8, 4) is 0 Å². The average Bonchev–Trinajstić information content (AvgIpc) is 3.13. The molecule has 1 saturated heterocycles. The summed E-state index contributed by atoms with van der Waals surface area (Å²) in [6.45, 7) is 7.80. The summed E-state index contributed by atoms with van der Waals surface area (Å²) in [7, 11) is 0. The second-order valence-corrected chi connectivity index (χ2v) is 8.51. The van der Waals surface area contributed by atoms with Crippen LogP contribution in [0.2, 0.25) is 0 Å². The molecule has 2 heterocycles. The molecule has 0 aliphatic carbocycles. The normalized spacial score (nSPS) is 16.5. The van der Waals surface area contributed by atoms with Gasteiger partial charge in [0, 0.05) is 37.1 Å². The smallest absolute Gasteiger partial charge is 0.229 e. The summed E-state index contributed by atoms with van der Waals surface area (Å²) in [4.78, 5) is 19.1. The topological polar surface area (TPSA) is 59.2 Å². The van der Waals surface area contributed by atoms with Gasteiger partial charge in [-0.25, -0.2) is 0 Å². The third kappa shape index (κ3) is 4.92. The van der Waals surface area contributed by atoms with E-state index in [1.54, 1.807) is 11.8 Å². The van der Waals surface area contributed by atoms with Crippen molar-refractivity contribution < 1.29 is 9.32 Å². The van der Waals surface area contributed by atoms with Crippen molar-refractivity contribution in [2.24, 2.45) is 5.92 Å². The highest BCUT2D eigenvalue weighted by atomic mass is 32.2. The first-order chi connectivity index (χ1) is 13.0. The van der Waals surface area contributed by atoms with Crippen molar-refractivity contribution in [1.82, 2.24) is 15.0 Å². The molecule has 2 aromatic rings. The Morgan fingerprint density at radius 1 is 1.30 bits per heavy atom. The van der Waals surface area contributed by atoms with Crippen LogP contribution in [0.4, 0.5) is 0 Å². The Kier molecular flexibility index (Phi) is 6.58. The number of hydrogen-bond donors (Lipinski definition) is 0. The van der Waals surface area contributed by atoms with E-state index in [1.165, 1.54) is 16.7 Å². The molecule has 0 radical (unpaired) electrons. The monoisotopic (exact) mass is 387 g/mol. The lowest BCUT2D eigenvalue weighted by Crippen LogP contribution is -2.41. The van der Waals surface area contributed by atoms with Crippen LogP contribution in [0, 0.1) is 19.8 Å². The molecule has 27 heavy (non-hydrogen) atoms. The molecule has 1 fully saturated rings. The minimum absolute atomic E-state index is 0.0875. The van der Waals surface area contributed by atoms with Gasteiger partial charge in [-0.15, -0.1) is 0 Å². The molecule has 1 atom stereocenters. The third-order valence-electron chi connectivity index (χ3n) is 5.41. The van der Waals surface area contributed by atoms with E-state index in [-0.39, 0.29) is 17.7 Å². The summed E-state index contributed by atoms with van der Waals surface area (Å²) in [6, 6.07) is 6.44.